The van der Waals surface area contributed by atoms with E-state index in [0.29, 0.717) is 16.0 Å². The van der Waals surface area contributed by atoms with Crippen LogP contribution >= 0.6 is 11.8 Å². The molecule has 2 aromatic rings. The van der Waals surface area contributed by atoms with Crippen LogP contribution in [0.3, 0.4) is 0 Å². The number of hydrogen-bond acceptors (Lipinski definition) is 5. The molecule has 1 N–H and O–H groups in total. The Bertz CT molecular complexity index is 871. The Balaban J connectivity index is 1.74. The molecule has 1 fully saturated rings. The highest BCUT2D eigenvalue weighted by Gasteiger charge is 2.27. The number of nitrogens with one attached hydrogen (secondary N) is 1. The fourth-order valence-electron chi connectivity index (χ4n) is 2.31. The van der Waals surface area contributed by atoms with Crippen LogP contribution in [0, 0.1) is 11.3 Å². The number of nitrogens with zero attached hydrogens (tertiary/aromatic N) is 1. The minimum Gasteiger partial charge on any atom is -0.449 e. The van der Waals surface area contributed by atoms with Gasteiger partial charge in [-0.1, -0.05) is 36.0 Å². The van der Waals surface area contributed by atoms with Crippen molar-refractivity contribution in [1.29, 1.82) is 5.26 Å². The molecule has 0 aliphatic heterocycles. The zero-order valence-corrected chi connectivity index (χ0v) is 15.1. The van der Waals surface area contributed by atoms with E-state index in [1.165, 1.54) is 11.8 Å². The van der Waals surface area contributed by atoms with Crippen molar-refractivity contribution >= 4 is 23.6 Å². The molecule has 3 rings (SSSR count). The van der Waals surface area contributed by atoms with E-state index < -0.39 is 12.1 Å². The number of carbonyl (C=O) groups is 2. The fraction of sp³-hybridized carbons (Fsp3) is 0.250. The van der Waals surface area contributed by atoms with Gasteiger partial charge in [0.25, 0.3) is 5.91 Å². The van der Waals surface area contributed by atoms with E-state index in [4.69, 9.17) is 4.74 Å². The van der Waals surface area contributed by atoms with Gasteiger partial charge >= 0.3 is 5.97 Å². The Morgan fingerprint density at radius 3 is 2.50 bits per heavy atom. The molecule has 0 saturated heterocycles. The lowest BCUT2D eigenvalue weighted by atomic mass is 10.2. The van der Waals surface area contributed by atoms with Gasteiger partial charge in [0.05, 0.1) is 11.1 Å². The average molecular weight is 366 g/mol. The van der Waals surface area contributed by atoms with Gasteiger partial charge in [0, 0.05) is 15.8 Å². The van der Waals surface area contributed by atoms with Crippen molar-refractivity contribution in [2.24, 2.45) is 0 Å². The number of amides is 1. The third kappa shape index (κ3) is 4.44. The lowest BCUT2D eigenvalue weighted by Gasteiger charge is -2.15. The van der Waals surface area contributed by atoms with Crippen molar-refractivity contribution in [3.8, 4) is 6.07 Å². The Morgan fingerprint density at radius 1 is 1.15 bits per heavy atom. The predicted octanol–water partition coefficient (Wildman–Crippen LogP) is 3.53. The summed E-state index contributed by atoms with van der Waals surface area (Å²) in [7, 11) is 0. The van der Waals surface area contributed by atoms with E-state index in [2.05, 4.69) is 11.4 Å². The van der Waals surface area contributed by atoms with Crippen molar-refractivity contribution in [1.82, 2.24) is 5.32 Å². The van der Waals surface area contributed by atoms with E-state index in [-0.39, 0.29) is 11.9 Å². The van der Waals surface area contributed by atoms with E-state index in [0.717, 1.165) is 17.7 Å². The Morgan fingerprint density at radius 2 is 1.81 bits per heavy atom. The maximum absolute atomic E-state index is 12.5. The highest BCUT2D eigenvalue weighted by atomic mass is 32.2. The van der Waals surface area contributed by atoms with Crippen molar-refractivity contribution < 1.29 is 14.3 Å². The van der Waals surface area contributed by atoms with Gasteiger partial charge in [-0.2, -0.15) is 5.26 Å². The van der Waals surface area contributed by atoms with Gasteiger partial charge in [-0.3, -0.25) is 4.79 Å². The quantitative estimate of drug-likeness (QED) is 0.791. The second kappa shape index (κ2) is 8.07. The second-order valence-electron chi connectivity index (χ2n) is 6.04. The smallest absolute Gasteiger partial charge is 0.340 e. The number of esters is 1. The molecule has 132 valence electrons. The minimum absolute atomic E-state index is 0.217. The maximum Gasteiger partial charge on any atom is 0.340 e. The topological polar surface area (TPSA) is 79.2 Å². The molecule has 0 aromatic heterocycles. The summed E-state index contributed by atoms with van der Waals surface area (Å²) in [4.78, 5) is 26.0. The van der Waals surface area contributed by atoms with E-state index in [1.54, 1.807) is 37.3 Å². The minimum atomic E-state index is -0.854. The highest BCUT2D eigenvalue weighted by molar-refractivity contribution is 7.99. The Hall–Kier alpha value is -2.78. The van der Waals surface area contributed by atoms with Crippen molar-refractivity contribution in [3.05, 3.63) is 59.7 Å². The van der Waals surface area contributed by atoms with E-state index in [9.17, 15) is 14.9 Å². The van der Waals surface area contributed by atoms with Gasteiger partial charge < -0.3 is 10.1 Å². The zero-order chi connectivity index (χ0) is 18.5. The fourth-order valence-corrected chi connectivity index (χ4v) is 3.33. The molecule has 0 spiro atoms. The van der Waals surface area contributed by atoms with Crippen LogP contribution in [0.25, 0.3) is 0 Å². The molecule has 1 aliphatic rings. The summed E-state index contributed by atoms with van der Waals surface area (Å²) in [6.45, 7) is 1.57. The molecule has 1 amide bonds. The SMILES string of the molecule is C[C@H](OC(=O)c1ccccc1Sc1ccccc1C#N)C(=O)NC1CC1. The average Bonchev–Trinajstić information content (AvgIpc) is 3.46. The third-order valence-electron chi connectivity index (χ3n) is 3.91. The first-order valence-corrected chi connectivity index (χ1v) is 9.17. The first-order chi connectivity index (χ1) is 12.6. The first kappa shape index (κ1) is 18.0. The van der Waals surface area contributed by atoms with Crippen molar-refractivity contribution in [2.45, 2.75) is 41.7 Å². The number of rotatable bonds is 6. The lowest BCUT2D eigenvalue weighted by Crippen LogP contribution is -2.37. The van der Waals surface area contributed by atoms with Crippen LogP contribution < -0.4 is 5.32 Å². The van der Waals surface area contributed by atoms with Gasteiger partial charge in [-0.25, -0.2) is 4.79 Å². The van der Waals surface area contributed by atoms with E-state index >= 15 is 0 Å². The van der Waals surface area contributed by atoms with Crippen LogP contribution in [-0.4, -0.2) is 24.0 Å². The van der Waals surface area contributed by atoms with Crippen LogP contribution in [0.15, 0.2) is 58.3 Å². The predicted molar refractivity (Wildman–Crippen MR) is 97.8 cm³/mol. The summed E-state index contributed by atoms with van der Waals surface area (Å²) in [6.07, 6.45) is 1.10. The molecular weight excluding hydrogens is 348 g/mol. The molecule has 2 aromatic carbocycles. The molecule has 0 radical (unpaired) electrons. The van der Waals surface area contributed by atoms with Crippen molar-refractivity contribution in [2.75, 3.05) is 0 Å². The molecule has 1 saturated carbocycles. The molecule has 6 heteroatoms. The lowest BCUT2D eigenvalue weighted by molar-refractivity contribution is -0.129. The molecule has 0 heterocycles. The second-order valence-corrected chi connectivity index (χ2v) is 7.12. The third-order valence-corrected chi connectivity index (χ3v) is 5.06. The first-order valence-electron chi connectivity index (χ1n) is 8.36. The molecule has 1 aliphatic carbocycles. The van der Waals surface area contributed by atoms with E-state index in [1.807, 2.05) is 18.2 Å². The molecular formula is C20H18N2O3S. The van der Waals surface area contributed by atoms with Crippen LogP contribution in [0.1, 0.15) is 35.7 Å². The Kier molecular flexibility index (Phi) is 5.59. The van der Waals surface area contributed by atoms with Crippen LogP contribution in [0.4, 0.5) is 0 Å². The van der Waals surface area contributed by atoms with Gasteiger partial charge in [0.2, 0.25) is 0 Å². The molecule has 5 nitrogen and oxygen atoms in total. The Labute approximate surface area is 156 Å². The highest BCUT2D eigenvalue weighted by Crippen LogP contribution is 2.33. The summed E-state index contributed by atoms with van der Waals surface area (Å²) in [5.41, 5.74) is 0.911. The van der Waals surface area contributed by atoms with Crippen LogP contribution in [0.2, 0.25) is 0 Å². The van der Waals surface area contributed by atoms with Crippen LogP contribution in [-0.2, 0) is 9.53 Å². The summed E-state index contributed by atoms with van der Waals surface area (Å²) >= 11 is 1.33. The van der Waals surface area contributed by atoms with Crippen LogP contribution in [0.5, 0.6) is 0 Å². The summed E-state index contributed by atoms with van der Waals surface area (Å²) < 4.78 is 5.33. The monoisotopic (exact) mass is 366 g/mol. The molecule has 0 unspecified atom stereocenters. The van der Waals surface area contributed by atoms with Gasteiger partial charge in [-0.15, -0.1) is 0 Å². The molecule has 0 bridgehead atoms. The van der Waals surface area contributed by atoms with Gasteiger partial charge in [0.1, 0.15) is 6.07 Å². The summed E-state index contributed by atoms with van der Waals surface area (Å²) in [5.74, 6) is -0.832. The van der Waals surface area contributed by atoms with Crippen molar-refractivity contribution in [3.63, 3.8) is 0 Å². The largest absolute Gasteiger partial charge is 0.449 e. The summed E-state index contributed by atoms with van der Waals surface area (Å²) in [5, 5.41) is 12.1. The number of ether oxygens (including phenoxy) is 1. The van der Waals surface area contributed by atoms with Gasteiger partial charge in [0.15, 0.2) is 6.10 Å². The molecule has 1 atom stereocenters. The zero-order valence-electron chi connectivity index (χ0n) is 14.3. The number of hydrogen-bond donors (Lipinski definition) is 1. The number of benzene rings is 2. The maximum atomic E-state index is 12.5. The standard InChI is InChI=1S/C20H18N2O3S/c1-13(19(23)22-15-10-11-15)25-20(24)16-7-3-5-9-18(16)26-17-8-4-2-6-14(17)12-21/h2-9,13,15H,10-11H2,1H3,(H,22,23)/t13-/m0/s1. The normalized spacial score (nSPS) is 14.2. The number of nitriles is 1. The molecule has 26 heavy (non-hydrogen) atoms. The summed E-state index contributed by atoms with van der Waals surface area (Å²) in [6, 6.07) is 16.6. The van der Waals surface area contributed by atoms with Gasteiger partial charge in [-0.05, 0) is 44.0 Å². The number of carbonyl (C=O) groups excluding carboxylic acids is 2.